The summed E-state index contributed by atoms with van der Waals surface area (Å²) in [6.45, 7) is 1.63. The summed E-state index contributed by atoms with van der Waals surface area (Å²) < 4.78 is 0. The van der Waals surface area contributed by atoms with Crippen LogP contribution in [0.2, 0.25) is 0 Å². The molecule has 1 heterocycles. The quantitative estimate of drug-likeness (QED) is 0.361. The fourth-order valence-corrected chi connectivity index (χ4v) is 2.68. The molecule has 5 N–H and O–H groups in total. The normalized spacial score (nSPS) is 10.7. The van der Waals surface area contributed by atoms with E-state index in [1.54, 1.807) is 0 Å². The monoisotopic (exact) mass is 363 g/mol. The Morgan fingerprint density at radius 2 is 1.52 bits per heavy atom. The van der Waals surface area contributed by atoms with Crippen molar-refractivity contribution in [3.05, 3.63) is 60.7 Å². The van der Waals surface area contributed by atoms with Crippen molar-refractivity contribution in [3.8, 4) is 11.1 Å². The van der Waals surface area contributed by atoms with Crippen LogP contribution >= 0.6 is 0 Å². The summed E-state index contributed by atoms with van der Waals surface area (Å²) in [5.74, 6) is 7.55. The van der Waals surface area contributed by atoms with E-state index in [-0.39, 0.29) is 0 Å². The van der Waals surface area contributed by atoms with Crippen LogP contribution in [0.25, 0.3) is 11.1 Å². The maximum absolute atomic E-state index is 5.79. The van der Waals surface area contributed by atoms with Gasteiger partial charge in [-0.15, -0.1) is 0 Å². The van der Waals surface area contributed by atoms with E-state index in [0.29, 0.717) is 11.8 Å². The summed E-state index contributed by atoms with van der Waals surface area (Å²) in [5, 5.41) is 6.64. The first kappa shape index (κ1) is 18.6. The highest BCUT2D eigenvalue weighted by Crippen LogP contribution is 2.33. The number of likely N-dealkylation sites (N-methyl/N-ethyl adjacent to an activating group) is 1. The van der Waals surface area contributed by atoms with Crippen LogP contribution in [0.4, 0.5) is 23.3 Å². The minimum Gasteiger partial charge on any atom is -0.368 e. The molecule has 3 aromatic rings. The van der Waals surface area contributed by atoms with Crippen molar-refractivity contribution in [2.75, 3.05) is 43.2 Å². The lowest BCUT2D eigenvalue weighted by Gasteiger charge is -2.18. The second-order valence-electron chi connectivity index (χ2n) is 6.35. The molecule has 7 nitrogen and oxygen atoms in total. The molecule has 0 aliphatic carbocycles. The van der Waals surface area contributed by atoms with Gasteiger partial charge in [0, 0.05) is 18.8 Å². The second-order valence-corrected chi connectivity index (χ2v) is 6.35. The minimum atomic E-state index is 0.473. The summed E-state index contributed by atoms with van der Waals surface area (Å²) in [4.78, 5) is 11.4. The first-order chi connectivity index (χ1) is 13.2. The Morgan fingerprint density at radius 3 is 2.15 bits per heavy atom. The molecule has 140 valence electrons. The highest BCUT2D eigenvalue weighted by molar-refractivity contribution is 5.85. The maximum Gasteiger partial charge on any atom is 0.231 e. The van der Waals surface area contributed by atoms with E-state index in [9.17, 15) is 0 Å². The Kier molecular flexibility index (Phi) is 6.19. The van der Waals surface area contributed by atoms with Crippen LogP contribution in [0.15, 0.2) is 60.7 Å². The number of rotatable bonds is 8. The molecule has 0 aliphatic heterocycles. The lowest BCUT2D eigenvalue weighted by Crippen LogP contribution is -2.22. The Bertz CT molecular complexity index is 851. The molecule has 0 saturated heterocycles. The fraction of sp³-hybridized carbons (Fsp3) is 0.200. The number of nitrogens with one attached hydrogen (secondary N) is 3. The zero-order valence-corrected chi connectivity index (χ0v) is 15.6. The van der Waals surface area contributed by atoms with Gasteiger partial charge in [-0.25, -0.2) is 5.84 Å². The van der Waals surface area contributed by atoms with E-state index in [4.69, 9.17) is 10.8 Å². The molecule has 0 atom stereocenters. The summed E-state index contributed by atoms with van der Waals surface area (Å²) in [7, 11) is 4.07. The number of nitrogens with two attached hydrogens (primary N) is 1. The van der Waals surface area contributed by atoms with Gasteiger partial charge in [0.15, 0.2) is 5.82 Å². The van der Waals surface area contributed by atoms with Crippen LogP contribution in [0, 0.1) is 0 Å². The van der Waals surface area contributed by atoms with Crippen LogP contribution < -0.4 is 21.9 Å². The van der Waals surface area contributed by atoms with E-state index in [1.807, 2.05) is 74.8 Å². The largest absolute Gasteiger partial charge is 0.368 e. The summed E-state index contributed by atoms with van der Waals surface area (Å²) in [6, 6.07) is 19.8. The molecule has 0 amide bonds. The lowest BCUT2D eigenvalue weighted by molar-refractivity contribution is 0.425. The average molecular weight is 363 g/mol. The third-order valence-corrected chi connectivity index (χ3v) is 3.99. The molecule has 0 saturated carbocycles. The van der Waals surface area contributed by atoms with Gasteiger partial charge in [-0.1, -0.05) is 48.5 Å². The van der Waals surface area contributed by atoms with Gasteiger partial charge in [-0.2, -0.15) is 9.97 Å². The zero-order valence-electron chi connectivity index (χ0n) is 15.6. The van der Waals surface area contributed by atoms with Gasteiger partial charge in [0.05, 0.1) is 5.56 Å². The van der Waals surface area contributed by atoms with Gasteiger partial charge in [0.2, 0.25) is 5.95 Å². The van der Waals surface area contributed by atoms with Crippen molar-refractivity contribution in [2.45, 2.75) is 0 Å². The molecular weight excluding hydrogens is 338 g/mol. The Hall–Kier alpha value is -3.16. The van der Waals surface area contributed by atoms with Crippen LogP contribution in [-0.4, -0.2) is 42.1 Å². The van der Waals surface area contributed by atoms with E-state index in [0.717, 1.165) is 35.7 Å². The van der Waals surface area contributed by atoms with Gasteiger partial charge in [-0.3, -0.25) is 0 Å². The summed E-state index contributed by atoms with van der Waals surface area (Å²) in [6.07, 6.45) is 0. The number of benzene rings is 2. The minimum absolute atomic E-state index is 0.473. The second kappa shape index (κ2) is 8.98. The number of nitrogens with zero attached hydrogens (tertiary/aromatic N) is 3. The SMILES string of the molecule is CN(C)CCNc1nc(Nc2ccccc2)nc(NN)c1-c1ccccc1. The first-order valence-corrected chi connectivity index (χ1v) is 8.82. The van der Waals surface area contributed by atoms with Gasteiger partial charge >= 0.3 is 0 Å². The number of aromatic nitrogens is 2. The molecule has 2 aromatic carbocycles. The van der Waals surface area contributed by atoms with E-state index >= 15 is 0 Å². The first-order valence-electron chi connectivity index (χ1n) is 8.82. The van der Waals surface area contributed by atoms with Crippen molar-refractivity contribution in [1.29, 1.82) is 0 Å². The molecule has 0 spiro atoms. The van der Waals surface area contributed by atoms with Crippen molar-refractivity contribution in [1.82, 2.24) is 14.9 Å². The van der Waals surface area contributed by atoms with Crippen molar-refractivity contribution >= 4 is 23.3 Å². The molecule has 7 heteroatoms. The lowest BCUT2D eigenvalue weighted by atomic mass is 10.1. The van der Waals surface area contributed by atoms with Gasteiger partial charge in [-0.05, 0) is 31.8 Å². The van der Waals surface area contributed by atoms with Crippen molar-refractivity contribution < 1.29 is 0 Å². The number of hydrazine groups is 1. The molecule has 0 unspecified atom stereocenters. The van der Waals surface area contributed by atoms with Gasteiger partial charge in [0.1, 0.15) is 5.82 Å². The van der Waals surface area contributed by atoms with E-state index in [1.165, 1.54) is 0 Å². The molecule has 1 aromatic heterocycles. The maximum atomic E-state index is 5.79. The van der Waals surface area contributed by atoms with Crippen LogP contribution in [0.3, 0.4) is 0 Å². The molecule has 0 radical (unpaired) electrons. The predicted octanol–water partition coefficient (Wildman–Crippen LogP) is 3.15. The van der Waals surface area contributed by atoms with Gasteiger partial charge < -0.3 is 21.0 Å². The number of hydrogen-bond acceptors (Lipinski definition) is 7. The molecule has 27 heavy (non-hydrogen) atoms. The van der Waals surface area contributed by atoms with E-state index < -0.39 is 0 Å². The molecule has 3 rings (SSSR count). The number of anilines is 4. The number of para-hydroxylation sites is 1. The number of nitrogen functional groups attached to an aromatic ring is 1. The average Bonchev–Trinajstić information content (AvgIpc) is 2.69. The van der Waals surface area contributed by atoms with Crippen LogP contribution in [-0.2, 0) is 0 Å². The summed E-state index contributed by atoms with van der Waals surface area (Å²) >= 11 is 0. The fourth-order valence-electron chi connectivity index (χ4n) is 2.68. The number of hydrogen-bond donors (Lipinski definition) is 4. The Morgan fingerprint density at radius 1 is 0.889 bits per heavy atom. The standard InChI is InChI=1S/C20H25N7/c1-27(2)14-13-22-18-17(15-9-5-3-6-10-15)19(26-21)25-20(24-18)23-16-11-7-4-8-12-16/h3-12H,13-14,21H2,1-2H3,(H3,22,23,24,25,26). The molecular formula is C20H25N7. The highest BCUT2D eigenvalue weighted by atomic mass is 15.3. The smallest absolute Gasteiger partial charge is 0.231 e. The van der Waals surface area contributed by atoms with E-state index in [2.05, 4.69) is 25.9 Å². The molecule has 0 fully saturated rings. The Labute approximate surface area is 159 Å². The van der Waals surface area contributed by atoms with Crippen LogP contribution in [0.1, 0.15) is 0 Å². The van der Waals surface area contributed by atoms with Crippen LogP contribution in [0.5, 0.6) is 0 Å². The topological polar surface area (TPSA) is 91.1 Å². The summed E-state index contributed by atoms with van der Waals surface area (Å²) in [5.41, 5.74) is 5.46. The Balaban J connectivity index is 2.00. The van der Waals surface area contributed by atoms with Crippen molar-refractivity contribution in [3.63, 3.8) is 0 Å². The predicted molar refractivity (Wildman–Crippen MR) is 112 cm³/mol. The van der Waals surface area contributed by atoms with Crippen molar-refractivity contribution in [2.24, 2.45) is 5.84 Å². The molecule has 0 aliphatic rings. The zero-order chi connectivity index (χ0) is 19.1. The third kappa shape index (κ3) is 4.93. The van der Waals surface area contributed by atoms with Gasteiger partial charge in [0.25, 0.3) is 0 Å². The highest BCUT2D eigenvalue weighted by Gasteiger charge is 2.16. The third-order valence-electron chi connectivity index (χ3n) is 3.99. The molecule has 0 bridgehead atoms.